The van der Waals surface area contributed by atoms with E-state index in [0.717, 1.165) is 12.3 Å². The van der Waals surface area contributed by atoms with Gasteiger partial charge in [-0.15, -0.1) is 0 Å². The summed E-state index contributed by atoms with van der Waals surface area (Å²) < 4.78 is 4.64. The van der Waals surface area contributed by atoms with Gasteiger partial charge in [0, 0.05) is 12.3 Å². The van der Waals surface area contributed by atoms with E-state index in [9.17, 15) is 9.59 Å². The summed E-state index contributed by atoms with van der Waals surface area (Å²) in [6.45, 7) is 2.91. The molecule has 0 aliphatic heterocycles. The van der Waals surface area contributed by atoms with E-state index in [1.165, 1.54) is 0 Å². The van der Waals surface area contributed by atoms with E-state index in [1.807, 2.05) is 6.26 Å². The molecule has 94 valence electrons. The van der Waals surface area contributed by atoms with Gasteiger partial charge in [0.05, 0.1) is 12.5 Å². The van der Waals surface area contributed by atoms with Crippen LogP contribution in [0.5, 0.6) is 0 Å². The van der Waals surface area contributed by atoms with Gasteiger partial charge in [-0.3, -0.25) is 9.59 Å². The van der Waals surface area contributed by atoms with E-state index < -0.39 is 11.9 Å². The number of rotatable bonds is 8. The molecule has 0 aliphatic rings. The largest absolute Gasteiger partial charge is 0.392 e. The highest BCUT2D eigenvalue weighted by atomic mass is 32.2. The van der Waals surface area contributed by atoms with Gasteiger partial charge in [-0.05, 0) is 19.2 Å². The van der Waals surface area contributed by atoms with Crippen molar-refractivity contribution in [3.05, 3.63) is 0 Å². The predicted octanol–water partition coefficient (Wildman–Crippen LogP) is -0.00630. The van der Waals surface area contributed by atoms with E-state index in [0.29, 0.717) is 13.0 Å². The lowest BCUT2D eigenvalue weighted by Crippen LogP contribution is -2.30. The Labute approximate surface area is 100 Å². The molecule has 0 spiro atoms. The first-order valence-corrected chi connectivity index (χ1v) is 6.65. The molecule has 0 aromatic heterocycles. The van der Waals surface area contributed by atoms with Gasteiger partial charge in [-0.1, -0.05) is 6.92 Å². The van der Waals surface area contributed by atoms with Gasteiger partial charge in [0.1, 0.15) is 0 Å². The van der Waals surface area contributed by atoms with Crippen molar-refractivity contribution in [2.24, 2.45) is 11.7 Å². The molecule has 1 unspecified atom stereocenters. The summed E-state index contributed by atoms with van der Waals surface area (Å²) in [5, 5.41) is 2.89. The zero-order chi connectivity index (χ0) is 12.4. The van der Waals surface area contributed by atoms with Crippen LogP contribution in [-0.4, -0.2) is 43.6 Å². The Morgan fingerprint density at radius 1 is 1.50 bits per heavy atom. The molecular weight excluding hydrogens is 228 g/mol. The second-order valence-corrected chi connectivity index (χ2v) is 4.43. The van der Waals surface area contributed by atoms with Crippen LogP contribution in [0, 0.1) is 5.92 Å². The molecule has 0 amide bonds. The van der Waals surface area contributed by atoms with Crippen LogP contribution in [0.15, 0.2) is 0 Å². The Morgan fingerprint density at radius 2 is 2.19 bits per heavy atom. The van der Waals surface area contributed by atoms with E-state index in [4.69, 9.17) is 5.73 Å². The Morgan fingerprint density at radius 3 is 2.75 bits per heavy atom. The fourth-order valence-corrected chi connectivity index (χ4v) is 1.33. The van der Waals surface area contributed by atoms with Crippen LogP contribution in [0.2, 0.25) is 0 Å². The Bertz CT molecular complexity index is 224. The van der Waals surface area contributed by atoms with Crippen LogP contribution < -0.4 is 11.1 Å². The van der Waals surface area contributed by atoms with Gasteiger partial charge >= 0.3 is 11.9 Å². The summed E-state index contributed by atoms with van der Waals surface area (Å²) in [7, 11) is 0. The van der Waals surface area contributed by atoms with Gasteiger partial charge in [0.15, 0.2) is 0 Å². The number of hydrogen-bond acceptors (Lipinski definition) is 6. The first-order valence-electron chi connectivity index (χ1n) is 5.26. The topological polar surface area (TPSA) is 81.4 Å². The van der Waals surface area contributed by atoms with E-state index in [2.05, 4.69) is 10.1 Å². The number of hydrogen-bond donors (Lipinski definition) is 2. The van der Waals surface area contributed by atoms with Crippen molar-refractivity contribution in [1.29, 1.82) is 0 Å². The maximum atomic E-state index is 11.3. The molecular formula is C10H20N2O3S. The fourth-order valence-electron chi connectivity index (χ4n) is 0.981. The van der Waals surface area contributed by atoms with Crippen molar-refractivity contribution in [2.75, 3.05) is 31.6 Å². The fraction of sp³-hybridized carbons (Fsp3) is 0.800. The number of nitrogens with two attached hydrogens (primary N) is 1. The van der Waals surface area contributed by atoms with Crippen molar-refractivity contribution >= 4 is 23.7 Å². The van der Waals surface area contributed by atoms with Crippen molar-refractivity contribution in [2.45, 2.75) is 13.3 Å². The van der Waals surface area contributed by atoms with Crippen LogP contribution >= 0.6 is 11.8 Å². The van der Waals surface area contributed by atoms with E-state index >= 15 is 0 Å². The summed E-state index contributed by atoms with van der Waals surface area (Å²) >= 11 is 1.68. The smallest absolute Gasteiger partial charge is 0.327 e. The lowest BCUT2D eigenvalue weighted by molar-refractivity contribution is -0.161. The molecule has 3 N–H and O–H groups in total. The molecule has 0 rings (SSSR count). The Kier molecular flexibility index (Phi) is 9.27. The molecule has 0 saturated carbocycles. The minimum atomic E-state index is -0.532. The normalized spacial score (nSPS) is 12.2. The average molecular weight is 248 g/mol. The van der Waals surface area contributed by atoms with Gasteiger partial charge in [-0.2, -0.15) is 11.8 Å². The summed E-state index contributed by atoms with van der Waals surface area (Å²) in [5.41, 5.74) is 5.30. The molecule has 0 bridgehead atoms. The average Bonchev–Trinajstić information content (AvgIpc) is 2.24. The molecule has 0 aliphatic carbocycles. The second kappa shape index (κ2) is 9.62. The molecule has 0 aromatic rings. The van der Waals surface area contributed by atoms with Gasteiger partial charge < -0.3 is 15.8 Å². The van der Waals surface area contributed by atoms with Crippen LogP contribution in [0.3, 0.4) is 0 Å². The maximum Gasteiger partial charge on any atom is 0.327 e. The van der Waals surface area contributed by atoms with Gasteiger partial charge in [0.25, 0.3) is 0 Å². The molecule has 0 radical (unpaired) electrons. The molecule has 5 nitrogen and oxygen atoms in total. The minimum absolute atomic E-state index is 0.0711. The van der Waals surface area contributed by atoms with Crippen LogP contribution in [-0.2, 0) is 14.3 Å². The molecule has 1 atom stereocenters. The van der Waals surface area contributed by atoms with Gasteiger partial charge in [-0.25, -0.2) is 0 Å². The third kappa shape index (κ3) is 7.67. The molecule has 0 heterocycles. The number of ether oxygens (including phenoxy) is 1. The molecule has 0 saturated heterocycles. The maximum absolute atomic E-state index is 11.3. The van der Waals surface area contributed by atoms with Crippen molar-refractivity contribution < 1.29 is 14.3 Å². The quantitative estimate of drug-likeness (QED) is 0.357. The molecule has 0 aromatic carbocycles. The Balaban J connectivity index is 3.65. The first kappa shape index (κ1) is 15.4. The highest BCUT2D eigenvalue weighted by Gasteiger charge is 2.16. The predicted molar refractivity (Wildman–Crippen MR) is 65.2 cm³/mol. The molecule has 0 fully saturated rings. The summed E-state index contributed by atoms with van der Waals surface area (Å²) in [4.78, 5) is 22.5. The van der Waals surface area contributed by atoms with Gasteiger partial charge in [0.2, 0.25) is 0 Å². The molecule has 6 heteroatoms. The SMILES string of the molecule is CSCCNCC(=O)OC(=O)C(C)CCN. The van der Waals surface area contributed by atoms with Crippen molar-refractivity contribution in [3.8, 4) is 0 Å². The first-order chi connectivity index (χ1) is 7.61. The van der Waals surface area contributed by atoms with E-state index in [1.54, 1.807) is 18.7 Å². The zero-order valence-electron chi connectivity index (χ0n) is 9.82. The lowest BCUT2D eigenvalue weighted by Gasteiger charge is -2.09. The monoisotopic (exact) mass is 248 g/mol. The van der Waals surface area contributed by atoms with E-state index in [-0.39, 0.29) is 12.5 Å². The lowest BCUT2D eigenvalue weighted by atomic mass is 10.1. The summed E-state index contributed by atoms with van der Waals surface area (Å²) in [5.74, 6) is -0.428. The number of nitrogens with one attached hydrogen (secondary N) is 1. The highest BCUT2D eigenvalue weighted by Crippen LogP contribution is 2.02. The Hall–Kier alpha value is -0.590. The molecule has 16 heavy (non-hydrogen) atoms. The highest BCUT2D eigenvalue weighted by molar-refractivity contribution is 7.98. The summed E-state index contributed by atoms with van der Waals surface area (Å²) in [6.07, 6.45) is 2.52. The van der Waals surface area contributed by atoms with Crippen LogP contribution in [0.4, 0.5) is 0 Å². The number of carbonyl (C=O) groups is 2. The third-order valence-corrected chi connectivity index (χ3v) is 2.58. The standard InChI is InChI=1S/C10H20N2O3S/c1-8(3-4-11)10(14)15-9(13)7-12-5-6-16-2/h8,12H,3-7,11H2,1-2H3. The van der Waals surface area contributed by atoms with Crippen molar-refractivity contribution in [1.82, 2.24) is 5.32 Å². The number of thioether (sulfide) groups is 1. The third-order valence-electron chi connectivity index (χ3n) is 1.97. The number of carbonyl (C=O) groups excluding carboxylic acids is 2. The second-order valence-electron chi connectivity index (χ2n) is 3.44. The number of esters is 2. The summed E-state index contributed by atoms with van der Waals surface area (Å²) in [6, 6.07) is 0. The minimum Gasteiger partial charge on any atom is -0.392 e. The van der Waals surface area contributed by atoms with Crippen LogP contribution in [0.25, 0.3) is 0 Å². The zero-order valence-corrected chi connectivity index (χ0v) is 10.6. The van der Waals surface area contributed by atoms with Crippen molar-refractivity contribution in [3.63, 3.8) is 0 Å². The van der Waals surface area contributed by atoms with Crippen LogP contribution in [0.1, 0.15) is 13.3 Å².